The van der Waals surface area contributed by atoms with Crippen LogP contribution in [0.2, 0.25) is 10.0 Å². The molecule has 2 aromatic rings. The molecular weight excluding hydrogens is 407 g/mol. The van der Waals surface area contributed by atoms with E-state index in [0.717, 1.165) is 5.56 Å². The molecule has 0 aliphatic carbocycles. The molecule has 0 saturated carbocycles. The van der Waals surface area contributed by atoms with Crippen LogP contribution in [-0.4, -0.2) is 27.0 Å². The lowest BCUT2D eigenvalue weighted by Gasteiger charge is -2.20. The molecule has 6 nitrogen and oxygen atoms in total. The van der Waals surface area contributed by atoms with Crippen molar-refractivity contribution in [2.45, 2.75) is 13.2 Å². The van der Waals surface area contributed by atoms with E-state index in [1.165, 1.54) is 20.3 Å². The zero-order valence-corrected chi connectivity index (χ0v) is 16.8. The van der Waals surface area contributed by atoms with E-state index in [9.17, 15) is 4.79 Å². The van der Waals surface area contributed by atoms with Crippen molar-refractivity contribution in [3.8, 4) is 17.2 Å². The van der Waals surface area contributed by atoms with Gasteiger partial charge in [-0.05, 0) is 35.9 Å². The summed E-state index contributed by atoms with van der Waals surface area (Å²) >= 11 is 12.3. The molecule has 0 unspecified atom stereocenters. The second kappa shape index (κ2) is 9.19. The summed E-state index contributed by atoms with van der Waals surface area (Å²) in [6.07, 6.45) is 2.88. The van der Waals surface area contributed by atoms with E-state index < -0.39 is 5.97 Å². The summed E-state index contributed by atoms with van der Waals surface area (Å²) in [5.41, 5.74) is 2.17. The first kappa shape index (κ1) is 20.3. The first-order valence-corrected chi connectivity index (χ1v) is 9.05. The van der Waals surface area contributed by atoms with Gasteiger partial charge in [0.15, 0.2) is 18.3 Å². The van der Waals surface area contributed by atoms with Gasteiger partial charge in [0, 0.05) is 22.2 Å². The number of fused-ring (bicyclic) bond motifs is 1. The van der Waals surface area contributed by atoms with Crippen LogP contribution in [0, 0.1) is 0 Å². The molecule has 0 atom stereocenters. The van der Waals surface area contributed by atoms with Crippen LogP contribution in [0.15, 0.2) is 30.3 Å². The van der Waals surface area contributed by atoms with Crippen molar-refractivity contribution in [2.24, 2.45) is 0 Å². The van der Waals surface area contributed by atoms with E-state index in [-0.39, 0.29) is 13.4 Å². The minimum absolute atomic E-state index is 0.0265. The Bertz CT molecular complexity index is 910. The molecule has 1 aliphatic heterocycles. The summed E-state index contributed by atoms with van der Waals surface area (Å²) < 4.78 is 26.5. The van der Waals surface area contributed by atoms with Crippen molar-refractivity contribution in [1.29, 1.82) is 0 Å². The molecule has 0 fully saturated rings. The Hall–Kier alpha value is -2.41. The smallest absolute Gasteiger partial charge is 0.331 e. The summed E-state index contributed by atoms with van der Waals surface area (Å²) in [6, 6.07) is 6.84. The average Bonchev–Trinajstić information content (AvgIpc) is 2.69. The SMILES string of the molecule is COc1cc(/C=C/C(=O)OCc2cc(Cl)cc3c2OCOC3)cc(Cl)c1OC. The lowest BCUT2D eigenvalue weighted by molar-refractivity contribution is -0.139. The molecule has 0 aromatic heterocycles. The van der Waals surface area contributed by atoms with Gasteiger partial charge in [-0.15, -0.1) is 0 Å². The number of hydrogen-bond acceptors (Lipinski definition) is 6. The Kier molecular flexibility index (Phi) is 6.67. The van der Waals surface area contributed by atoms with Gasteiger partial charge in [-0.3, -0.25) is 0 Å². The summed E-state index contributed by atoms with van der Waals surface area (Å²) in [6.45, 7) is 0.575. The number of esters is 1. The van der Waals surface area contributed by atoms with Crippen molar-refractivity contribution in [2.75, 3.05) is 21.0 Å². The fourth-order valence-electron chi connectivity index (χ4n) is 2.76. The maximum absolute atomic E-state index is 12.1. The highest BCUT2D eigenvalue weighted by Gasteiger charge is 2.17. The van der Waals surface area contributed by atoms with Gasteiger partial charge in [-0.2, -0.15) is 0 Å². The van der Waals surface area contributed by atoms with Crippen molar-refractivity contribution >= 4 is 35.2 Å². The van der Waals surface area contributed by atoms with Crippen molar-refractivity contribution in [3.05, 3.63) is 57.1 Å². The van der Waals surface area contributed by atoms with Crippen LogP contribution in [0.1, 0.15) is 16.7 Å². The minimum Gasteiger partial charge on any atom is -0.493 e. The molecule has 8 heteroatoms. The third kappa shape index (κ3) is 4.70. The van der Waals surface area contributed by atoms with Gasteiger partial charge in [0.05, 0.1) is 25.8 Å². The Morgan fingerprint density at radius 3 is 2.75 bits per heavy atom. The highest BCUT2D eigenvalue weighted by molar-refractivity contribution is 6.32. The molecule has 0 radical (unpaired) electrons. The summed E-state index contributed by atoms with van der Waals surface area (Å²) in [5, 5.41) is 0.897. The number of methoxy groups -OCH3 is 2. The van der Waals surface area contributed by atoms with Crippen molar-refractivity contribution in [1.82, 2.24) is 0 Å². The van der Waals surface area contributed by atoms with Crippen LogP contribution >= 0.6 is 23.2 Å². The zero-order valence-electron chi connectivity index (χ0n) is 15.3. The number of carbonyl (C=O) groups excluding carboxylic acids is 1. The molecule has 0 spiro atoms. The van der Waals surface area contributed by atoms with Gasteiger partial charge in [-0.25, -0.2) is 4.79 Å². The van der Waals surface area contributed by atoms with Gasteiger partial charge in [0.1, 0.15) is 12.4 Å². The molecule has 28 heavy (non-hydrogen) atoms. The molecular formula is C20H18Cl2O6. The van der Waals surface area contributed by atoms with Crippen LogP contribution in [-0.2, 0) is 27.5 Å². The van der Waals surface area contributed by atoms with Crippen molar-refractivity contribution in [3.63, 3.8) is 0 Å². The highest BCUT2D eigenvalue weighted by atomic mass is 35.5. The number of halogens is 2. The second-order valence-corrected chi connectivity index (χ2v) is 6.69. The molecule has 2 aromatic carbocycles. The topological polar surface area (TPSA) is 63.2 Å². The van der Waals surface area contributed by atoms with Gasteiger partial charge in [0.25, 0.3) is 0 Å². The van der Waals surface area contributed by atoms with E-state index in [0.29, 0.717) is 45.0 Å². The summed E-state index contributed by atoms with van der Waals surface area (Å²) in [5.74, 6) is 1.01. The zero-order chi connectivity index (χ0) is 20.1. The Morgan fingerprint density at radius 1 is 1.18 bits per heavy atom. The maximum atomic E-state index is 12.1. The number of benzene rings is 2. The minimum atomic E-state index is -0.522. The molecule has 1 heterocycles. The maximum Gasteiger partial charge on any atom is 0.331 e. The predicted octanol–water partition coefficient (Wildman–Crippen LogP) is 4.63. The van der Waals surface area contributed by atoms with E-state index >= 15 is 0 Å². The molecule has 3 rings (SSSR count). The summed E-state index contributed by atoms with van der Waals surface area (Å²) in [7, 11) is 3.01. The van der Waals surface area contributed by atoms with Gasteiger partial charge in [0.2, 0.25) is 0 Å². The van der Waals surface area contributed by atoms with E-state index in [2.05, 4.69) is 0 Å². The van der Waals surface area contributed by atoms with Gasteiger partial charge >= 0.3 is 5.97 Å². The molecule has 0 saturated heterocycles. The lowest BCUT2D eigenvalue weighted by atomic mass is 10.1. The van der Waals surface area contributed by atoms with Crippen LogP contribution in [0.5, 0.6) is 17.2 Å². The van der Waals surface area contributed by atoms with E-state index in [1.54, 1.807) is 30.3 Å². The van der Waals surface area contributed by atoms with Crippen LogP contribution in [0.25, 0.3) is 6.08 Å². The molecule has 0 N–H and O–H groups in total. The van der Waals surface area contributed by atoms with Crippen LogP contribution in [0.3, 0.4) is 0 Å². The second-order valence-electron chi connectivity index (χ2n) is 5.84. The van der Waals surface area contributed by atoms with Gasteiger partial charge in [-0.1, -0.05) is 23.2 Å². The quantitative estimate of drug-likeness (QED) is 0.497. The highest BCUT2D eigenvalue weighted by Crippen LogP contribution is 2.36. The Balaban J connectivity index is 1.68. The molecule has 148 valence electrons. The molecule has 1 aliphatic rings. The lowest BCUT2D eigenvalue weighted by Crippen LogP contribution is -2.14. The first-order valence-electron chi connectivity index (χ1n) is 8.30. The first-order chi connectivity index (χ1) is 13.5. The predicted molar refractivity (Wildman–Crippen MR) is 105 cm³/mol. The van der Waals surface area contributed by atoms with Gasteiger partial charge < -0.3 is 23.7 Å². The molecule has 0 bridgehead atoms. The molecule has 0 amide bonds. The average molecular weight is 425 g/mol. The standard InChI is InChI=1S/C20H18Cl2O6/c1-24-17-6-12(5-16(22)20(17)25-2)3-4-18(23)27-10-14-8-15(21)7-13-9-26-11-28-19(13)14/h3-8H,9-11H2,1-2H3/b4-3+. The largest absolute Gasteiger partial charge is 0.493 e. The van der Waals surface area contributed by atoms with E-state index in [4.69, 9.17) is 46.9 Å². The fraction of sp³-hybridized carbons (Fsp3) is 0.250. The monoisotopic (exact) mass is 424 g/mol. The number of carbonyl (C=O) groups is 1. The third-order valence-electron chi connectivity index (χ3n) is 3.99. The normalized spacial score (nSPS) is 13.0. The summed E-state index contributed by atoms with van der Waals surface area (Å²) in [4.78, 5) is 12.1. The van der Waals surface area contributed by atoms with Crippen LogP contribution in [0.4, 0.5) is 0 Å². The number of ether oxygens (including phenoxy) is 5. The van der Waals surface area contributed by atoms with Crippen LogP contribution < -0.4 is 14.2 Å². The van der Waals surface area contributed by atoms with E-state index in [1.807, 2.05) is 0 Å². The number of rotatable bonds is 6. The Labute approximate surface area is 172 Å². The van der Waals surface area contributed by atoms with Crippen molar-refractivity contribution < 1.29 is 28.5 Å². The number of hydrogen-bond donors (Lipinski definition) is 0. The fourth-order valence-corrected chi connectivity index (χ4v) is 3.32. The third-order valence-corrected chi connectivity index (χ3v) is 4.49. The Morgan fingerprint density at radius 2 is 2.00 bits per heavy atom.